The molecule has 2 unspecified atom stereocenters. The first kappa shape index (κ1) is 12.0. The molecule has 3 rings (SSSR count). The number of nitrogens with zero attached hydrogens (tertiary/aromatic N) is 1. The number of fused-ring (bicyclic) bond motifs is 1. The number of amides is 1. The average Bonchev–Trinajstić information content (AvgIpc) is 2.70. The fraction of sp³-hybridized carbons (Fsp3) is 0.500. The number of benzene rings is 1. The minimum absolute atomic E-state index is 0.261. The second kappa shape index (κ2) is 4.92. The molecule has 3 nitrogen and oxygen atoms in total. The number of anilines is 1. The number of halogens is 1. The van der Waals surface area contributed by atoms with Crippen molar-refractivity contribution in [2.75, 3.05) is 11.9 Å². The van der Waals surface area contributed by atoms with Crippen LogP contribution in [0.5, 0.6) is 0 Å². The molecular formula is C14H17BrN2O. The third kappa shape index (κ3) is 2.14. The number of carbonyl (C=O) groups is 1. The van der Waals surface area contributed by atoms with Crippen LogP contribution in [0.15, 0.2) is 28.7 Å². The van der Waals surface area contributed by atoms with Crippen LogP contribution in [0.4, 0.5) is 5.69 Å². The molecule has 96 valence electrons. The zero-order chi connectivity index (χ0) is 12.5. The van der Waals surface area contributed by atoms with Crippen LogP contribution in [0.1, 0.15) is 25.7 Å². The van der Waals surface area contributed by atoms with Gasteiger partial charge in [-0.25, -0.2) is 0 Å². The summed E-state index contributed by atoms with van der Waals surface area (Å²) in [5.74, 6) is 0.309. The van der Waals surface area contributed by atoms with Gasteiger partial charge in [-0.3, -0.25) is 4.79 Å². The van der Waals surface area contributed by atoms with Crippen LogP contribution in [0.2, 0.25) is 0 Å². The van der Waals surface area contributed by atoms with Gasteiger partial charge in [0.1, 0.15) is 0 Å². The SMILES string of the molecule is O=C1CC(Nc2ccccc2Br)C2CCCCN12. The van der Waals surface area contributed by atoms with Crippen molar-refractivity contribution in [1.29, 1.82) is 0 Å². The van der Waals surface area contributed by atoms with E-state index < -0.39 is 0 Å². The molecule has 1 aromatic carbocycles. The Morgan fingerprint density at radius 2 is 2.11 bits per heavy atom. The van der Waals surface area contributed by atoms with Crippen LogP contribution < -0.4 is 5.32 Å². The topological polar surface area (TPSA) is 32.3 Å². The lowest BCUT2D eigenvalue weighted by molar-refractivity contribution is -0.129. The van der Waals surface area contributed by atoms with Crippen LogP contribution in [-0.2, 0) is 4.79 Å². The van der Waals surface area contributed by atoms with Gasteiger partial charge in [-0.15, -0.1) is 0 Å². The van der Waals surface area contributed by atoms with Crippen LogP contribution in [0, 0.1) is 0 Å². The molecule has 0 radical (unpaired) electrons. The van der Waals surface area contributed by atoms with Crippen molar-refractivity contribution in [2.24, 2.45) is 0 Å². The maximum absolute atomic E-state index is 12.0. The fourth-order valence-electron chi connectivity index (χ4n) is 3.05. The maximum Gasteiger partial charge on any atom is 0.225 e. The summed E-state index contributed by atoms with van der Waals surface area (Å²) in [6.45, 7) is 0.942. The number of hydrogen-bond acceptors (Lipinski definition) is 2. The van der Waals surface area contributed by atoms with Gasteiger partial charge in [0.15, 0.2) is 0 Å². The van der Waals surface area contributed by atoms with Crippen LogP contribution >= 0.6 is 15.9 Å². The molecule has 0 aromatic heterocycles. The molecule has 0 spiro atoms. The monoisotopic (exact) mass is 308 g/mol. The summed E-state index contributed by atoms with van der Waals surface area (Å²) in [5, 5.41) is 3.53. The van der Waals surface area contributed by atoms with Crippen LogP contribution in [0.3, 0.4) is 0 Å². The summed E-state index contributed by atoms with van der Waals surface area (Å²) in [7, 11) is 0. The van der Waals surface area contributed by atoms with E-state index in [-0.39, 0.29) is 6.04 Å². The molecule has 0 aliphatic carbocycles. The van der Waals surface area contributed by atoms with Gasteiger partial charge in [0.25, 0.3) is 0 Å². The summed E-state index contributed by atoms with van der Waals surface area (Å²) in [5.41, 5.74) is 1.09. The van der Waals surface area contributed by atoms with Gasteiger partial charge in [0.2, 0.25) is 5.91 Å². The Morgan fingerprint density at radius 3 is 2.94 bits per heavy atom. The standard InChI is InChI=1S/C14H17BrN2O/c15-10-5-1-2-6-11(10)16-12-9-14(18)17-8-4-3-7-13(12)17/h1-2,5-6,12-13,16H,3-4,7-9H2. The van der Waals surface area contributed by atoms with E-state index in [4.69, 9.17) is 0 Å². The summed E-state index contributed by atoms with van der Waals surface area (Å²) in [6.07, 6.45) is 4.16. The van der Waals surface area contributed by atoms with Crippen molar-refractivity contribution in [1.82, 2.24) is 4.90 Å². The lowest BCUT2D eigenvalue weighted by Crippen LogP contribution is -2.42. The number of piperidine rings is 1. The minimum atomic E-state index is 0.261. The van der Waals surface area contributed by atoms with Gasteiger partial charge in [-0.1, -0.05) is 12.1 Å². The van der Waals surface area contributed by atoms with E-state index in [9.17, 15) is 4.79 Å². The molecule has 4 heteroatoms. The van der Waals surface area contributed by atoms with Crippen molar-refractivity contribution in [3.63, 3.8) is 0 Å². The molecule has 18 heavy (non-hydrogen) atoms. The molecule has 2 atom stereocenters. The average molecular weight is 309 g/mol. The third-order valence-corrected chi connectivity index (χ3v) is 4.63. The largest absolute Gasteiger partial charge is 0.379 e. The Balaban J connectivity index is 1.77. The number of nitrogens with one attached hydrogen (secondary N) is 1. The van der Waals surface area contributed by atoms with Crippen LogP contribution in [-0.4, -0.2) is 29.4 Å². The van der Waals surface area contributed by atoms with E-state index in [2.05, 4.69) is 32.2 Å². The van der Waals surface area contributed by atoms with Crippen molar-refractivity contribution in [2.45, 2.75) is 37.8 Å². The van der Waals surface area contributed by atoms with E-state index in [1.54, 1.807) is 0 Å². The molecule has 2 aliphatic heterocycles. The summed E-state index contributed by atoms with van der Waals surface area (Å²) >= 11 is 3.55. The number of rotatable bonds is 2. The third-order valence-electron chi connectivity index (χ3n) is 3.94. The summed E-state index contributed by atoms with van der Waals surface area (Å²) in [6, 6.07) is 8.75. The molecule has 2 fully saturated rings. The molecular weight excluding hydrogens is 292 g/mol. The quantitative estimate of drug-likeness (QED) is 0.911. The van der Waals surface area contributed by atoms with Gasteiger partial charge in [0.05, 0.1) is 12.1 Å². The van der Waals surface area contributed by atoms with Gasteiger partial charge in [-0.05, 0) is 47.3 Å². The van der Waals surface area contributed by atoms with Crippen molar-refractivity contribution in [3.05, 3.63) is 28.7 Å². The first-order valence-electron chi connectivity index (χ1n) is 6.56. The Morgan fingerprint density at radius 1 is 1.28 bits per heavy atom. The zero-order valence-electron chi connectivity index (χ0n) is 10.2. The Kier molecular flexibility index (Phi) is 3.29. The number of carbonyl (C=O) groups excluding carboxylic acids is 1. The molecule has 0 bridgehead atoms. The van der Waals surface area contributed by atoms with Gasteiger partial charge in [0, 0.05) is 23.1 Å². The predicted octanol–water partition coefficient (Wildman–Crippen LogP) is 3.01. The van der Waals surface area contributed by atoms with Gasteiger partial charge >= 0.3 is 0 Å². The molecule has 1 aromatic rings. The van der Waals surface area contributed by atoms with E-state index in [1.807, 2.05) is 18.2 Å². The molecule has 2 heterocycles. The highest BCUT2D eigenvalue weighted by molar-refractivity contribution is 9.10. The van der Waals surface area contributed by atoms with Crippen molar-refractivity contribution < 1.29 is 4.79 Å². The Labute approximate surface area is 116 Å². The predicted molar refractivity (Wildman–Crippen MR) is 75.5 cm³/mol. The molecule has 1 N–H and O–H groups in total. The first-order chi connectivity index (χ1) is 8.75. The lowest BCUT2D eigenvalue weighted by atomic mass is 9.99. The molecule has 1 amide bonds. The van der Waals surface area contributed by atoms with E-state index >= 15 is 0 Å². The van der Waals surface area contributed by atoms with Gasteiger partial charge < -0.3 is 10.2 Å². The highest BCUT2D eigenvalue weighted by Crippen LogP contribution is 2.32. The Hall–Kier alpha value is -1.03. The fourth-order valence-corrected chi connectivity index (χ4v) is 3.45. The number of para-hydroxylation sites is 1. The van der Waals surface area contributed by atoms with E-state index in [0.29, 0.717) is 18.4 Å². The lowest BCUT2D eigenvalue weighted by Gasteiger charge is -2.33. The highest BCUT2D eigenvalue weighted by atomic mass is 79.9. The highest BCUT2D eigenvalue weighted by Gasteiger charge is 2.40. The second-order valence-corrected chi connectivity index (χ2v) is 5.94. The summed E-state index contributed by atoms with van der Waals surface area (Å²) < 4.78 is 1.06. The van der Waals surface area contributed by atoms with Crippen molar-refractivity contribution in [3.8, 4) is 0 Å². The molecule has 2 saturated heterocycles. The first-order valence-corrected chi connectivity index (χ1v) is 7.35. The van der Waals surface area contributed by atoms with E-state index in [0.717, 1.165) is 29.5 Å². The zero-order valence-corrected chi connectivity index (χ0v) is 11.8. The van der Waals surface area contributed by atoms with Crippen molar-refractivity contribution >= 4 is 27.5 Å². The normalized spacial score (nSPS) is 27.2. The molecule has 2 aliphatic rings. The molecule has 0 saturated carbocycles. The van der Waals surface area contributed by atoms with Crippen LogP contribution in [0.25, 0.3) is 0 Å². The Bertz CT molecular complexity index is 463. The minimum Gasteiger partial charge on any atom is -0.379 e. The number of hydrogen-bond donors (Lipinski definition) is 1. The smallest absolute Gasteiger partial charge is 0.225 e. The van der Waals surface area contributed by atoms with Gasteiger partial charge in [-0.2, -0.15) is 0 Å². The maximum atomic E-state index is 12.0. The summed E-state index contributed by atoms with van der Waals surface area (Å²) in [4.78, 5) is 14.0. The second-order valence-electron chi connectivity index (χ2n) is 5.09. The van der Waals surface area contributed by atoms with E-state index in [1.165, 1.54) is 6.42 Å².